The van der Waals surface area contributed by atoms with Crippen molar-refractivity contribution in [1.29, 1.82) is 0 Å². The highest BCUT2D eigenvalue weighted by Gasteiger charge is 2.16. The summed E-state index contributed by atoms with van der Waals surface area (Å²) in [7, 11) is 1.62. The molecule has 0 saturated heterocycles. The minimum atomic E-state index is -0.784. The first-order chi connectivity index (χ1) is 7.45. The molecule has 0 fully saturated rings. The quantitative estimate of drug-likeness (QED) is 0.852. The van der Waals surface area contributed by atoms with Gasteiger partial charge in [-0.05, 0) is 30.9 Å². The largest absolute Gasteiger partial charge is 0.496 e. The third-order valence-corrected chi connectivity index (χ3v) is 2.66. The van der Waals surface area contributed by atoms with E-state index in [2.05, 4.69) is 0 Å². The zero-order valence-electron chi connectivity index (χ0n) is 10.2. The Morgan fingerprint density at radius 3 is 2.56 bits per heavy atom. The summed E-state index contributed by atoms with van der Waals surface area (Å²) in [6.07, 6.45) is 0.124. The third kappa shape index (κ3) is 2.75. The van der Waals surface area contributed by atoms with Crippen molar-refractivity contribution in [2.75, 3.05) is 7.11 Å². The molecule has 0 spiro atoms. The predicted molar refractivity (Wildman–Crippen MR) is 63.1 cm³/mol. The van der Waals surface area contributed by atoms with Gasteiger partial charge in [-0.25, -0.2) is 0 Å². The third-order valence-electron chi connectivity index (χ3n) is 2.66. The molecule has 1 aromatic rings. The van der Waals surface area contributed by atoms with E-state index < -0.39 is 5.97 Å². The molecule has 0 radical (unpaired) electrons. The minimum absolute atomic E-state index is 0.0361. The van der Waals surface area contributed by atoms with Crippen molar-refractivity contribution < 1.29 is 14.6 Å². The molecule has 0 aliphatic heterocycles. The molecular weight excluding hydrogens is 204 g/mol. The van der Waals surface area contributed by atoms with Crippen LogP contribution >= 0.6 is 0 Å². The first kappa shape index (κ1) is 12.6. The average molecular weight is 222 g/mol. The van der Waals surface area contributed by atoms with Gasteiger partial charge in [0.15, 0.2) is 0 Å². The van der Waals surface area contributed by atoms with Crippen molar-refractivity contribution in [3.8, 4) is 5.75 Å². The van der Waals surface area contributed by atoms with Crippen LogP contribution in [0.15, 0.2) is 12.1 Å². The maximum absolute atomic E-state index is 10.7. The van der Waals surface area contributed by atoms with E-state index in [0.29, 0.717) is 0 Å². The van der Waals surface area contributed by atoms with Crippen LogP contribution in [0.2, 0.25) is 0 Å². The summed E-state index contributed by atoms with van der Waals surface area (Å²) >= 11 is 0. The maximum Gasteiger partial charge on any atom is 0.303 e. The number of rotatable bonds is 4. The number of methoxy groups -OCH3 is 1. The lowest BCUT2D eigenvalue weighted by molar-refractivity contribution is -0.137. The van der Waals surface area contributed by atoms with E-state index in [4.69, 9.17) is 9.84 Å². The van der Waals surface area contributed by atoms with E-state index in [9.17, 15) is 4.79 Å². The molecule has 0 aromatic heterocycles. The van der Waals surface area contributed by atoms with E-state index >= 15 is 0 Å². The molecule has 1 atom stereocenters. The Morgan fingerprint density at radius 1 is 1.44 bits per heavy atom. The van der Waals surface area contributed by atoms with Crippen molar-refractivity contribution in [3.63, 3.8) is 0 Å². The smallest absolute Gasteiger partial charge is 0.303 e. The molecule has 0 heterocycles. The van der Waals surface area contributed by atoms with Gasteiger partial charge >= 0.3 is 5.97 Å². The molecule has 0 saturated carbocycles. The highest BCUT2D eigenvalue weighted by molar-refractivity contribution is 5.68. The highest BCUT2D eigenvalue weighted by Crippen LogP contribution is 2.32. The topological polar surface area (TPSA) is 46.5 Å². The van der Waals surface area contributed by atoms with Crippen molar-refractivity contribution in [2.45, 2.75) is 33.1 Å². The van der Waals surface area contributed by atoms with Crippen LogP contribution in [0, 0.1) is 13.8 Å². The van der Waals surface area contributed by atoms with E-state index in [1.54, 1.807) is 7.11 Å². The Hall–Kier alpha value is -1.51. The van der Waals surface area contributed by atoms with Crippen LogP contribution in [0.5, 0.6) is 5.75 Å². The molecular formula is C13H18O3. The molecule has 88 valence electrons. The van der Waals surface area contributed by atoms with Gasteiger partial charge in [-0.15, -0.1) is 0 Å². The van der Waals surface area contributed by atoms with Gasteiger partial charge in [0.25, 0.3) is 0 Å². The second-order valence-electron chi connectivity index (χ2n) is 4.20. The lowest BCUT2D eigenvalue weighted by Gasteiger charge is -2.17. The normalized spacial score (nSPS) is 12.2. The molecule has 1 aromatic carbocycles. The van der Waals surface area contributed by atoms with Crippen molar-refractivity contribution in [3.05, 3.63) is 28.8 Å². The fourth-order valence-corrected chi connectivity index (χ4v) is 2.00. The number of aliphatic carboxylic acids is 1. The van der Waals surface area contributed by atoms with Gasteiger partial charge in [-0.2, -0.15) is 0 Å². The van der Waals surface area contributed by atoms with E-state index in [-0.39, 0.29) is 12.3 Å². The Labute approximate surface area is 96.1 Å². The summed E-state index contributed by atoms with van der Waals surface area (Å²) < 4.78 is 5.34. The molecule has 3 nitrogen and oxygen atoms in total. The van der Waals surface area contributed by atoms with Gasteiger partial charge in [0.1, 0.15) is 5.75 Å². The number of benzene rings is 1. The van der Waals surface area contributed by atoms with Crippen LogP contribution in [-0.2, 0) is 4.79 Å². The molecule has 0 bridgehead atoms. The molecule has 1 unspecified atom stereocenters. The number of hydrogen-bond donors (Lipinski definition) is 1. The number of hydrogen-bond acceptors (Lipinski definition) is 2. The fourth-order valence-electron chi connectivity index (χ4n) is 2.00. The average Bonchev–Trinajstić information content (AvgIpc) is 2.15. The van der Waals surface area contributed by atoms with Crippen molar-refractivity contribution >= 4 is 5.97 Å². The Kier molecular flexibility index (Phi) is 3.93. The fraction of sp³-hybridized carbons (Fsp3) is 0.462. The van der Waals surface area contributed by atoms with Crippen LogP contribution in [-0.4, -0.2) is 18.2 Å². The monoisotopic (exact) mass is 222 g/mol. The second kappa shape index (κ2) is 5.01. The first-order valence-electron chi connectivity index (χ1n) is 5.32. The molecule has 0 amide bonds. The summed E-state index contributed by atoms with van der Waals surface area (Å²) in [6.45, 7) is 5.89. The van der Waals surface area contributed by atoms with Gasteiger partial charge in [0, 0.05) is 0 Å². The van der Waals surface area contributed by atoms with Crippen LogP contribution in [0.25, 0.3) is 0 Å². The van der Waals surface area contributed by atoms with Crippen LogP contribution in [0.1, 0.15) is 36.0 Å². The van der Waals surface area contributed by atoms with Crippen LogP contribution < -0.4 is 4.74 Å². The van der Waals surface area contributed by atoms with Crippen molar-refractivity contribution in [1.82, 2.24) is 0 Å². The Bertz CT molecular complexity index is 396. The molecule has 3 heteroatoms. The number of aryl methyl sites for hydroxylation is 2. The zero-order valence-corrected chi connectivity index (χ0v) is 10.2. The lowest BCUT2D eigenvalue weighted by Crippen LogP contribution is -2.06. The van der Waals surface area contributed by atoms with Gasteiger partial charge in [0.05, 0.1) is 13.5 Å². The second-order valence-corrected chi connectivity index (χ2v) is 4.20. The predicted octanol–water partition coefficient (Wildman–Crippen LogP) is 2.89. The summed E-state index contributed by atoms with van der Waals surface area (Å²) in [5, 5.41) is 8.81. The lowest BCUT2D eigenvalue weighted by atomic mass is 9.93. The van der Waals surface area contributed by atoms with Crippen LogP contribution in [0.4, 0.5) is 0 Å². The van der Waals surface area contributed by atoms with E-state index in [1.165, 1.54) is 0 Å². The van der Waals surface area contributed by atoms with Gasteiger partial charge < -0.3 is 9.84 Å². The zero-order chi connectivity index (χ0) is 12.3. The van der Waals surface area contributed by atoms with E-state index in [0.717, 1.165) is 22.4 Å². The summed E-state index contributed by atoms with van der Waals surface area (Å²) in [4.78, 5) is 10.7. The van der Waals surface area contributed by atoms with Crippen LogP contribution in [0.3, 0.4) is 0 Å². The molecule has 1 rings (SSSR count). The van der Waals surface area contributed by atoms with Gasteiger partial charge in [-0.1, -0.05) is 24.6 Å². The Balaban J connectivity index is 3.15. The van der Waals surface area contributed by atoms with Crippen molar-refractivity contribution in [2.24, 2.45) is 0 Å². The van der Waals surface area contributed by atoms with Gasteiger partial charge in [-0.3, -0.25) is 4.79 Å². The number of carboxylic acids is 1. The number of carbonyl (C=O) groups is 1. The van der Waals surface area contributed by atoms with Gasteiger partial charge in [0.2, 0.25) is 0 Å². The summed E-state index contributed by atoms with van der Waals surface area (Å²) in [5.74, 6) is -0.0147. The number of carboxylic acid groups (broad SMARTS) is 1. The molecule has 16 heavy (non-hydrogen) atoms. The highest BCUT2D eigenvalue weighted by atomic mass is 16.5. The summed E-state index contributed by atoms with van der Waals surface area (Å²) in [5.41, 5.74) is 3.16. The SMILES string of the molecule is COc1c(C)cc(C)cc1C(C)CC(=O)O. The molecule has 1 N–H and O–H groups in total. The Morgan fingerprint density at radius 2 is 2.06 bits per heavy atom. The first-order valence-corrected chi connectivity index (χ1v) is 5.32. The number of ether oxygens (including phenoxy) is 1. The summed E-state index contributed by atoms with van der Waals surface area (Å²) in [6, 6.07) is 4.04. The molecule has 0 aliphatic rings. The minimum Gasteiger partial charge on any atom is -0.496 e. The molecule has 0 aliphatic carbocycles. The standard InChI is InChI=1S/C13H18O3/c1-8-5-10(3)13(16-4)11(6-8)9(2)7-12(14)15/h5-6,9H,7H2,1-4H3,(H,14,15). The maximum atomic E-state index is 10.7. The van der Waals surface area contributed by atoms with E-state index in [1.807, 2.05) is 32.9 Å².